The first-order valence-electron chi connectivity index (χ1n) is 15.9. The van der Waals surface area contributed by atoms with E-state index in [4.69, 9.17) is 0 Å². The minimum atomic E-state index is -5.57. The van der Waals surface area contributed by atoms with Crippen LogP contribution in [0.3, 0.4) is 0 Å². The number of fused-ring (bicyclic) bond motifs is 5. The van der Waals surface area contributed by atoms with E-state index in [1.807, 2.05) is 13.1 Å². The lowest BCUT2D eigenvalue weighted by Gasteiger charge is -2.53. The highest BCUT2D eigenvalue weighted by Crippen LogP contribution is 2.65. The van der Waals surface area contributed by atoms with Gasteiger partial charge in [-0.2, -0.15) is 22.0 Å². The molecule has 1 aromatic rings. The van der Waals surface area contributed by atoms with Gasteiger partial charge >= 0.3 is 12.1 Å². The van der Waals surface area contributed by atoms with Gasteiger partial charge in [0.1, 0.15) is 17.3 Å². The van der Waals surface area contributed by atoms with Gasteiger partial charge in [0.15, 0.2) is 0 Å². The van der Waals surface area contributed by atoms with Gasteiger partial charge in [0.05, 0.1) is 12.2 Å². The molecule has 0 aromatic heterocycles. The van der Waals surface area contributed by atoms with Crippen molar-refractivity contribution in [2.24, 2.45) is 23.2 Å². The number of alkyl halides is 5. The number of rotatable bonds is 14. The zero-order chi connectivity index (χ0) is 32.4. The molecule has 11 heteroatoms. The van der Waals surface area contributed by atoms with E-state index in [9.17, 15) is 41.8 Å². The van der Waals surface area contributed by atoms with Crippen LogP contribution in [0.4, 0.5) is 22.0 Å². The van der Waals surface area contributed by atoms with Crippen LogP contribution in [0.15, 0.2) is 30.4 Å². The van der Waals surface area contributed by atoms with Gasteiger partial charge in [-0.1, -0.05) is 43.6 Å². The van der Waals surface area contributed by atoms with E-state index in [0.717, 1.165) is 61.8 Å². The largest absolute Gasteiger partial charge is 0.616 e. The molecule has 4 rings (SSSR count). The third-order valence-corrected chi connectivity index (χ3v) is 12.3. The molecule has 3 aliphatic rings. The molecule has 44 heavy (non-hydrogen) atoms. The highest BCUT2D eigenvalue weighted by Gasteiger charge is 2.58. The summed E-state index contributed by atoms with van der Waals surface area (Å²) in [6.45, 7) is 7.95. The van der Waals surface area contributed by atoms with E-state index in [-0.39, 0.29) is 46.3 Å². The number of aliphatic hydroxyl groups is 2. The van der Waals surface area contributed by atoms with Crippen molar-refractivity contribution in [2.75, 3.05) is 31.6 Å². The molecule has 0 heterocycles. The van der Waals surface area contributed by atoms with Crippen molar-refractivity contribution in [3.05, 3.63) is 41.5 Å². The van der Waals surface area contributed by atoms with Crippen LogP contribution in [0, 0.1) is 23.2 Å². The summed E-state index contributed by atoms with van der Waals surface area (Å²) in [7, 11) is 1.95. The second kappa shape index (κ2) is 14.2. The summed E-state index contributed by atoms with van der Waals surface area (Å²) in [4.78, 5) is 2.11. The fraction of sp³-hybridized carbons (Fsp3) is 0.758. The maximum absolute atomic E-state index is 13.0. The van der Waals surface area contributed by atoms with Crippen molar-refractivity contribution >= 4 is 11.2 Å². The molecule has 0 bridgehead atoms. The quantitative estimate of drug-likeness (QED) is 0.0867. The highest BCUT2D eigenvalue weighted by molar-refractivity contribution is 7.91. The number of aliphatic hydroxyl groups excluding tert-OH is 2. The number of aromatic hydroxyl groups is 1. The number of phenolic OH excluding ortho intramolecular Hbond substituents is 1. The zero-order valence-electron chi connectivity index (χ0n) is 25.8. The van der Waals surface area contributed by atoms with Crippen LogP contribution in [0.1, 0.15) is 94.3 Å². The maximum Gasteiger partial charge on any atom is 0.453 e. The maximum atomic E-state index is 13.0. The van der Waals surface area contributed by atoms with Crippen molar-refractivity contribution in [1.29, 1.82) is 0 Å². The Morgan fingerprint density at radius 1 is 1.02 bits per heavy atom. The second-order valence-corrected chi connectivity index (χ2v) is 15.3. The van der Waals surface area contributed by atoms with Crippen molar-refractivity contribution in [1.82, 2.24) is 4.90 Å². The topological polar surface area (TPSA) is 87.0 Å². The van der Waals surface area contributed by atoms with Crippen LogP contribution in [-0.2, 0) is 11.2 Å². The summed E-state index contributed by atoms with van der Waals surface area (Å²) in [5.41, 5.74) is 2.71. The van der Waals surface area contributed by atoms with Crippen LogP contribution in [-0.4, -0.2) is 74.6 Å². The van der Waals surface area contributed by atoms with E-state index in [1.54, 1.807) is 12.1 Å². The van der Waals surface area contributed by atoms with Crippen LogP contribution in [0.5, 0.6) is 5.75 Å². The summed E-state index contributed by atoms with van der Waals surface area (Å²) < 4.78 is 74.9. The number of halogens is 5. The second-order valence-electron chi connectivity index (χ2n) is 13.6. The average molecular weight is 650 g/mol. The van der Waals surface area contributed by atoms with Gasteiger partial charge in [-0.25, -0.2) is 0 Å². The van der Waals surface area contributed by atoms with E-state index in [2.05, 4.69) is 18.4 Å². The molecule has 2 fully saturated rings. The van der Waals surface area contributed by atoms with Gasteiger partial charge in [-0.3, -0.25) is 0 Å². The summed E-state index contributed by atoms with van der Waals surface area (Å²) in [5.74, 6) is -3.74. The molecule has 0 saturated heterocycles. The number of benzene rings is 1. The molecule has 0 aliphatic heterocycles. The van der Waals surface area contributed by atoms with Crippen molar-refractivity contribution in [3.8, 4) is 5.75 Å². The number of hydrogen-bond donors (Lipinski definition) is 3. The molecule has 1 aromatic carbocycles. The van der Waals surface area contributed by atoms with Crippen LogP contribution >= 0.6 is 0 Å². The lowest BCUT2D eigenvalue weighted by Crippen LogP contribution is -2.45. The number of unbranched alkanes of at least 4 members (excludes halogenated alkanes) is 2. The predicted octanol–water partition coefficient (Wildman–Crippen LogP) is 7.10. The fourth-order valence-corrected chi connectivity index (χ4v) is 9.39. The van der Waals surface area contributed by atoms with Crippen LogP contribution < -0.4 is 0 Å². The van der Waals surface area contributed by atoms with Gasteiger partial charge in [0, 0.05) is 19.4 Å². The average Bonchev–Trinajstić information content (AvgIpc) is 3.17. The molecule has 0 spiro atoms. The first-order chi connectivity index (χ1) is 20.6. The summed E-state index contributed by atoms with van der Waals surface area (Å²) in [6.07, 6.45) is -1.76. The molecule has 0 amide bonds. The molecule has 2 saturated carbocycles. The van der Waals surface area contributed by atoms with Crippen molar-refractivity contribution in [2.45, 2.75) is 101 Å². The van der Waals surface area contributed by atoms with Crippen molar-refractivity contribution in [3.63, 3.8) is 0 Å². The number of nitrogens with zero attached hydrogens (tertiary/aromatic N) is 1. The Hall–Kier alpha value is -1.40. The van der Waals surface area contributed by atoms with E-state index in [0.29, 0.717) is 19.4 Å². The standard InChI is InChI=1S/C33H48F5NO4S/c1-21-28(41)20-27-29-24(12-14-31(21,27)2)23-11-10-22(40)19-26(23)30(42)25(29)9-5-4-6-15-39(3)16-8-18-44(43)17-7-13-32(34,35)33(36,37)38/h10-11,19,24-25,27-30,40-42H,1,4-9,12-18,20H2,2-3H3/t24?,25-,27?,28+,29?,30+,31+,44?/m0/s1. The van der Waals surface area contributed by atoms with Gasteiger partial charge in [0.25, 0.3) is 0 Å². The smallest absolute Gasteiger partial charge is 0.453 e. The summed E-state index contributed by atoms with van der Waals surface area (Å²) in [5, 5.41) is 32.6. The predicted molar refractivity (Wildman–Crippen MR) is 162 cm³/mol. The third kappa shape index (κ3) is 7.59. The van der Waals surface area contributed by atoms with Crippen LogP contribution in [0.2, 0.25) is 0 Å². The molecule has 8 atom stereocenters. The summed E-state index contributed by atoms with van der Waals surface area (Å²) in [6, 6.07) is 5.37. The first kappa shape index (κ1) is 35.5. The van der Waals surface area contributed by atoms with Crippen molar-refractivity contribution < 1.29 is 41.8 Å². The normalized spacial score (nSPS) is 31.1. The molecule has 3 aliphatic carbocycles. The van der Waals surface area contributed by atoms with Gasteiger partial charge in [-0.15, -0.1) is 0 Å². The molecular formula is C33H48F5NO4S. The lowest BCUT2D eigenvalue weighted by atomic mass is 9.51. The third-order valence-electron chi connectivity index (χ3n) is 10.8. The van der Waals surface area contributed by atoms with Crippen LogP contribution in [0.25, 0.3) is 0 Å². The SMILES string of the molecule is C=C1[C@H](O)CC2C3C(CC[C@]12C)c1ccc(O)cc1[C@H](O)[C@H]3CCCCCN(C)CCC[S+]([O-])CCCC(F)(F)C(F)(F)F. The Balaban J connectivity index is 1.23. The molecule has 3 N–H and O–H groups in total. The molecular weight excluding hydrogens is 601 g/mol. The highest BCUT2D eigenvalue weighted by atomic mass is 32.2. The van der Waals surface area contributed by atoms with E-state index < -0.39 is 48.3 Å². The first-order valence-corrected chi connectivity index (χ1v) is 17.4. The number of phenols is 1. The van der Waals surface area contributed by atoms with E-state index in [1.165, 1.54) is 0 Å². The monoisotopic (exact) mass is 649 g/mol. The van der Waals surface area contributed by atoms with Gasteiger partial charge < -0.3 is 24.8 Å². The molecule has 5 nitrogen and oxygen atoms in total. The van der Waals surface area contributed by atoms with E-state index >= 15 is 0 Å². The number of hydrogen-bond acceptors (Lipinski definition) is 5. The van der Waals surface area contributed by atoms with Gasteiger partial charge in [-0.05, 0) is 110 Å². The minimum absolute atomic E-state index is 0.0146. The lowest BCUT2D eigenvalue weighted by molar-refractivity contribution is -0.284. The minimum Gasteiger partial charge on any atom is -0.616 e. The molecule has 4 unspecified atom stereocenters. The fourth-order valence-electron chi connectivity index (χ4n) is 8.27. The Labute approximate surface area is 261 Å². The van der Waals surface area contributed by atoms with Gasteiger partial charge in [0.2, 0.25) is 0 Å². The molecule has 250 valence electrons. The summed E-state index contributed by atoms with van der Waals surface area (Å²) >= 11 is -1.43. The Bertz CT molecular complexity index is 1140. The Morgan fingerprint density at radius 2 is 1.70 bits per heavy atom. The Kier molecular flexibility index (Phi) is 11.4. The Morgan fingerprint density at radius 3 is 2.41 bits per heavy atom. The zero-order valence-corrected chi connectivity index (χ0v) is 26.6. The molecule has 0 radical (unpaired) electrons.